The van der Waals surface area contributed by atoms with Gasteiger partial charge in [0, 0.05) is 12.6 Å². The predicted molar refractivity (Wildman–Crippen MR) is 56.8 cm³/mol. The molecule has 0 aromatic rings. The largest absolute Gasteiger partial charge is 0.395 e. The van der Waals surface area contributed by atoms with E-state index in [1.54, 1.807) is 0 Å². The van der Waals surface area contributed by atoms with Crippen LogP contribution in [0.4, 0.5) is 0 Å². The Balaban J connectivity index is 2.54. The van der Waals surface area contributed by atoms with Crippen LogP contribution in [0.5, 0.6) is 0 Å². The van der Waals surface area contributed by atoms with Gasteiger partial charge in [-0.1, -0.05) is 0 Å². The van der Waals surface area contributed by atoms with Gasteiger partial charge in [0.15, 0.2) is 0 Å². The number of rotatable bonds is 3. The maximum atomic E-state index is 9.62. The molecular formula is C10H21NO5. The molecule has 0 aromatic heterocycles. The van der Waals surface area contributed by atoms with Gasteiger partial charge in [-0.25, -0.2) is 0 Å². The van der Waals surface area contributed by atoms with Crippen molar-refractivity contribution in [3.63, 3.8) is 0 Å². The summed E-state index contributed by atoms with van der Waals surface area (Å²) in [6, 6.07) is -0.0704. The van der Waals surface area contributed by atoms with E-state index in [-0.39, 0.29) is 12.6 Å². The molecule has 96 valence electrons. The summed E-state index contributed by atoms with van der Waals surface area (Å²) in [6.07, 6.45) is -3.48. The highest BCUT2D eigenvalue weighted by Crippen LogP contribution is 2.19. The van der Waals surface area contributed by atoms with E-state index in [1.165, 1.54) is 0 Å². The van der Waals surface area contributed by atoms with E-state index in [2.05, 4.69) is 5.32 Å². The van der Waals surface area contributed by atoms with E-state index in [0.717, 1.165) is 0 Å². The summed E-state index contributed by atoms with van der Waals surface area (Å²) in [5, 5.41) is 49.8. The molecule has 6 nitrogen and oxygen atoms in total. The van der Waals surface area contributed by atoms with Crippen LogP contribution in [0.2, 0.25) is 0 Å². The molecule has 0 heterocycles. The first-order valence-electron chi connectivity index (χ1n) is 5.62. The maximum absolute atomic E-state index is 9.62. The van der Waals surface area contributed by atoms with Gasteiger partial charge in [-0.05, 0) is 19.3 Å². The van der Waals surface area contributed by atoms with E-state index >= 15 is 0 Å². The van der Waals surface area contributed by atoms with Gasteiger partial charge in [0.1, 0.15) is 12.2 Å². The topological polar surface area (TPSA) is 113 Å². The first-order valence-corrected chi connectivity index (χ1v) is 5.62. The van der Waals surface area contributed by atoms with Crippen LogP contribution in [0.1, 0.15) is 19.3 Å². The molecule has 0 spiro atoms. The minimum Gasteiger partial charge on any atom is -0.395 e. The SMILES string of the molecule is OCCN[C@H]1CC[C@@H](O)[C@@H](O)[C@H](O)[C@H](O)C1. The predicted octanol–water partition coefficient (Wildman–Crippen LogP) is -2.44. The maximum Gasteiger partial charge on any atom is 0.108 e. The van der Waals surface area contributed by atoms with E-state index < -0.39 is 24.4 Å². The van der Waals surface area contributed by atoms with Gasteiger partial charge in [-0.3, -0.25) is 0 Å². The van der Waals surface area contributed by atoms with Gasteiger partial charge in [0.05, 0.1) is 18.8 Å². The molecule has 5 atom stereocenters. The Morgan fingerprint density at radius 3 is 2.19 bits per heavy atom. The quantitative estimate of drug-likeness (QED) is 0.324. The van der Waals surface area contributed by atoms with E-state index in [4.69, 9.17) is 5.11 Å². The Labute approximate surface area is 94.5 Å². The smallest absolute Gasteiger partial charge is 0.108 e. The third-order valence-electron chi connectivity index (χ3n) is 3.02. The Bertz CT molecular complexity index is 204. The number of nitrogens with one attached hydrogen (secondary N) is 1. The zero-order chi connectivity index (χ0) is 12.1. The highest BCUT2D eigenvalue weighted by atomic mass is 16.4. The van der Waals surface area contributed by atoms with Gasteiger partial charge in [0.2, 0.25) is 0 Å². The first kappa shape index (κ1) is 13.8. The van der Waals surface area contributed by atoms with Crippen LogP contribution >= 0.6 is 0 Å². The molecular weight excluding hydrogens is 214 g/mol. The summed E-state index contributed by atoms with van der Waals surface area (Å²) >= 11 is 0. The molecule has 16 heavy (non-hydrogen) atoms. The monoisotopic (exact) mass is 235 g/mol. The van der Waals surface area contributed by atoms with Crippen molar-refractivity contribution >= 4 is 0 Å². The molecule has 0 saturated heterocycles. The van der Waals surface area contributed by atoms with E-state index in [1.807, 2.05) is 0 Å². The van der Waals surface area contributed by atoms with Crippen LogP contribution in [0.15, 0.2) is 0 Å². The second kappa shape index (κ2) is 6.48. The highest BCUT2D eigenvalue weighted by molar-refractivity contribution is 4.87. The van der Waals surface area contributed by atoms with Crippen molar-refractivity contribution in [2.24, 2.45) is 0 Å². The van der Waals surface area contributed by atoms with Crippen LogP contribution in [0.25, 0.3) is 0 Å². The zero-order valence-electron chi connectivity index (χ0n) is 9.16. The summed E-state index contributed by atoms with van der Waals surface area (Å²) < 4.78 is 0. The van der Waals surface area contributed by atoms with Crippen molar-refractivity contribution in [1.29, 1.82) is 0 Å². The number of aliphatic hydroxyl groups is 5. The molecule has 1 fully saturated rings. The van der Waals surface area contributed by atoms with Crippen molar-refractivity contribution < 1.29 is 25.5 Å². The molecule has 0 aliphatic heterocycles. The molecule has 1 aliphatic carbocycles. The summed E-state index contributed by atoms with van der Waals surface area (Å²) in [7, 11) is 0. The molecule has 0 radical (unpaired) electrons. The lowest BCUT2D eigenvalue weighted by atomic mass is 9.89. The van der Waals surface area contributed by atoms with Crippen LogP contribution in [-0.2, 0) is 0 Å². The van der Waals surface area contributed by atoms with Crippen molar-refractivity contribution in [2.75, 3.05) is 13.2 Å². The zero-order valence-corrected chi connectivity index (χ0v) is 9.16. The standard InChI is InChI=1S/C10H21NO5/c12-4-3-11-6-1-2-7(13)9(15)10(16)8(14)5-6/h6-16H,1-5H2/t6-,7+,8+,9+,10+/m0/s1. The molecule has 1 rings (SSSR count). The third-order valence-corrected chi connectivity index (χ3v) is 3.02. The Morgan fingerprint density at radius 2 is 1.56 bits per heavy atom. The van der Waals surface area contributed by atoms with E-state index in [9.17, 15) is 20.4 Å². The minimum atomic E-state index is -1.33. The molecule has 6 N–H and O–H groups in total. The fourth-order valence-corrected chi connectivity index (χ4v) is 2.00. The second-order valence-corrected chi connectivity index (χ2v) is 4.30. The number of hydrogen-bond acceptors (Lipinski definition) is 6. The van der Waals surface area contributed by atoms with Crippen LogP contribution in [0.3, 0.4) is 0 Å². The van der Waals surface area contributed by atoms with Gasteiger partial charge >= 0.3 is 0 Å². The van der Waals surface area contributed by atoms with E-state index in [0.29, 0.717) is 25.8 Å². The van der Waals surface area contributed by atoms with Gasteiger partial charge in [-0.15, -0.1) is 0 Å². The minimum absolute atomic E-state index is 0.000325. The molecule has 6 heteroatoms. The molecule has 0 bridgehead atoms. The fraction of sp³-hybridized carbons (Fsp3) is 1.00. The molecule has 0 unspecified atom stereocenters. The normalized spacial score (nSPS) is 41.4. The lowest BCUT2D eigenvalue weighted by molar-refractivity contribution is -0.117. The lowest BCUT2D eigenvalue weighted by Gasteiger charge is -2.33. The molecule has 0 aromatic carbocycles. The van der Waals surface area contributed by atoms with Gasteiger partial charge < -0.3 is 30.8 Å². The number of aliphatic hydroxyl groups excluding tert-OH is 5. The van der Waals surface area contributed by atoms with Gasteiger partial charge in [-0.2, -0.15) is 0 Å². The third kappa shape index (κ3) is 3.65. The fourth-order valence-electron chi connectivity index (χ4n) is 2.00. The van der Waals surface area contributed by atoms with Gasteiger partial charge in [0.25, 0.3) is 0 Å². The molecule has 1 saturated carbocycles. The Kier molecular flexibility index (Phi) is 5.60. The van der Waals surface area contributed by atoms with Crippen LogP contribution in [0, 0.1) is 0 Å². The van der Waals surface area contributed by atoms with Crippen LogP contribution < -0.4 is 5.32 Å². The second-order valence-electron chi connectivity index (χ2n) is 4.30. The summed E-state index contributed by atoms with van der Waals surface area (Å²) in [6.45, 7) is 0.409. The lowest BCUT2D eigenvalue weighted by Crippen LogP contribution is -2.49. The van der Waals surface area contributed by atoms with Crippen LogP contribution in [-0.4, -0.2) is 69.1 Å². The number of hydrogen-bond donors (Lipinski definition) is 6. The molecule has 1 aliphatic rings. The van der Waals surface area contributed by atoms with Crippen molar-refractivity contribution in [1.82, 2.24) is 5.32 Å². The van der Waals surface area contributed by atoms with Crippen molar-refractivity contribution in [2.45, 2.75) is 49.7 Å². The average molecular weight is 235 g/mol. The first-order chi connectivity index (χ1) is 7.56. The molecule has 0 amide bonds. The highest BCUT2D eigenvalue weighted by Gasteiger charge is 2.34. The Morgan fingerprint density at radius 1 is 0.938 bits per heavy atom. The van der Waals surface area contributed by atoms with Crippen molar-refractivity contribution in [3.05, 3.63) is 0 Å². The summed E-state index contributed by atoms with van der Waals surface area (Å²) in [5.41, 5.74) is 0. The van der Waals surface area contributed by atoms with Crippen molar-refractivity contribution in [3.8, 4) is 0 Å². The average Bonchev–Trinajstić information content (AvgIpc) is 2.28. The summed E-state index contributed by atoms with van der Waals surface area (Å²) in [4.78, 5) is 0. The Hall–Kier alpha value is -0.240. The summed E-state index contributed by atoms with van der Waals surface area (Å²) in [5.74, 6) is 0.